The fraction of sp³-hybridized carbons (Fsp3) is 0.316. The van der Waals surface area contributed by atoms with Gasteiger partial charge in [0, 0.05) is 10.8 Å². The molecule has 1 aliphatic heterocycles. The zero-order chi connectivity index (χ0) is 34.5. The number of rotatable bonds is 9. The number of hydrogen-bond acceptors (Lipinski definition) is 6. The first kappa shape index (κ1) is 34.2. The molecule has 1 saturated heterocycles. The van der Waals surface area contributed by atoms with Gasteiger partial charge in [-0.15, -0.1) is 0 Å². The third kappa shape index (κ3) is 5.63. The summed E-state index contributed by atoms with van der Waals surface area (Å²) in [6.07, 6.45) is 0. The van der Waals surface area contributed by atoms with Gasteiger partial charge in [0.1, 0.15) is 5.75 Å². The van der Waals surface area contributed by atoms with Gasteiger partial charge in [0.25, 0.3) is 18.3 Å². The maximum absolute atomic E-state index is 14.8. The lowest BCUT2D eigenvalue weighted by Crippen LogP contribution is -2.66. The van der Waals surface area contributed by atoms with Gasteiger partial charge >= 0.3 is 7.12 Å². The molecule has 0 radical (unpaired) electrons. The van der Waals surface area contributed by atoms with Crippen molar-refractivity contribution in [1.29, 1.82) is 0 Å². The van der Waals surface area contributed by atoms with Gasteiger partial charge in [0.05, 0.1) is 41.0 Å². The topological polar surface area (TPSA) is 76.0 Å². The minimum atomic E-state index is -4.13. The predicted molar refractivity (Wildman–Crippen MR) is 196 cm³/mol. The van der Waals surface area contributed by atoms with Crippen molar-refractivity contribution in [2.24, 2.45) is 0 Å². The summed E-state index contributed by atoms with van der Waals surface area (Å²) in [4.78, 5) is 0.135. The Morgan fingerprint density at radius 1 is 0.750 bits per heavy atom. The zero-order valence-electron chi connectivity index (χ0n) is 29.0. The molecule has 4 aromatic carbocycles. The molecular formula is C38H44BNO6SSi. The van der Waals surface area contributed by atoms with Crippen LogP contribution in [-0.2, 0) is 30.4 Å². The molecule has 0 aliphatic carbocycles. The fourth-order valence-electron chi connectivity index (χ4n) is 6.71. The largest absolute Gasteiger partial charge is 0.497 e. The highest BCUT2D eigenvalue weighted by molar-refractivity contribution is 7.90. The maximum Gasteiger partial charge on any atom is 0.497 e. The highest BCUT2D eigenvalue weighted by atomic mass is 32.2. The second-order valence-electron chi connectivity index (χ2n) is 14.4. The summed E-state index contributed by atoms with van der Waals surface area (Å²) >= 11 is 0. The summed E-state index contributed by atoms with van der Waals surface area (Å²) in [5.41, 5.74) is 0.356. The van der Waals surface area contributed by atoms with Crippen molar-refractivity contribution in [3.63, 3.8) is 0 Å². The van der Waals surface area contributed by atoms with E-state index in [9.17, 15) is 8.42 Å². The van der Waals surface area contributed by atoms with Gasteiger partial charge in [-0.3, -0.25) is 0 Å². The first-order chi connectivity index (χ1) is 22.6. The Labute approximate surface area is 286 Å². The van der Waals surface area contributed by atoms with Gasteiger partial charge in [0.15, 0.2) is 0 Å². The number of fused-ring (bicyclic) bond motifs is 1. The second kappa shape index (κ2) is 12.3. The van der Waals surface area contributed by atoms with Crippen molar-refractivity contribution >= 4 is 52.2 Å². The lowest BCUT2D eigenvalue weighted by atomic mass is 9.77. The van der Waals surface area contributed by atoms with E-state index in [1.807, 2.05) is 88.4 Å². The van der Waals surface area contributed by atoms with Crippen LogP contribution in [0.2, 0.25) is 5.04 Å². The molecule has 0 atom stereocenters. The minimum absolute atomic E-state index is 0.00322. The van der Waals surface area contributed by atoms with E-state index in [1.165, 1.54) is 3.97 Å². The van der Waals surface area contributed by atoms with Crippen LogP contribution in [-0.4, -0.2) is 46.1 Å². The highest BCUT2D eigenvalue weighted by Crippen LogP contribution is 2.40. The van der Waals surface area contributed by atoms with Crippen LogP contribution in [0.15, 0.2) is 114 Å². The summed E-state index contributed by atoms with van der Waals surface area (Å²) in [6.45, 7) is 14.6. The van der Waals surface area contributed by atoms with Gasteiger partial charge in [-0.1, -0.05) is 99.6 Å². The van der Waals surface area contributed by atoms with Crippen LogP contribution in [0, 0.1) is 0 Å². The zero-order valence-corrected chi connectivity index (χ0v) is 30.8. The molecule has 48 heavy (non-hydrogen) atoms. The molecule has 0 bridgehead atoms. The maximum atomic E-state index is 14.8. The lowest BCUT2D eigenvalue weighted by molar-refractivity contribution is 0.00578. The molecule has 250 valence electrons. The van der Waals surface area contributed by atoms with Crippen LogP contribution in [0.4, 0.5) is 0 Å². The van der Waals surface area contributed by atoms with Crippen LogP contribution in [0.3, 0.4) is 0 Å². The average Bonchev–Trinajstić information content (AvgIpc) is 3.50. The molecule has 10 heteroatoms. The van der Waals surface area contributed by atoms with Crippen LogP contribution in [0.5, 0.6) is 5.75 Å². The first-order valence-electron chi connectivity index (χ1n) is 16.3. The van der Waals surface area contributed by atoms with Crippen molar-refractivity contribution in [3.8, 4) is 5.75 Å². The second-order valence-corrected chi connectivity index (χ2v) is 20.5. The summed E-state index contributed by atoms with van der Waals surface area (Å²) < 4.78 is 57.1. The number of benzene rings is 4. The lowest BCUT2D eigenvalue weighted by Gasteiger charge is -2.43. The van der Waals surface area contributed by atoms with Gasteiger partial charge in [-0.25, -0.2) is 12.4 Å². The summed E-state index contributed by atoms with van der Waals surface area (Å²) in [7, 11) is -6.49. The van der Waals surface area contributed by atoms with Crippen molar-refractivity contribution in [2.45, 2.75) is 76.2 Å². The SMILES string of the molecule is COc1ccc(S(=O)(=O)n2c(CO[Si](c3ccccc3)(c3ccccc3)C(C)(C)C)c(B3OC(C)(C)C(C)(C)O3)c3ccccc32)cc1. The Kier molecular flexibility index (Phi) is 8.79. The van der Waals surface area contributed by atoms with E-state index < -0.39 is 36.7 Å². The van der Waals surface area contributed by atoms with E-state index >= 15 is 0 Å². The van der Waals surface area contributed by atoms with E-state index in [4.69, 9.17) is 18.5 Å². The van der Waals surface area contributed by atoms with Crippen LogP contribution >= 0.6 is 0 Å². The van der Waals surface area contributed by atoms with Crippen molar-refractivity contribution in [2.75, 3.05) is 7.11 Å². The first-order valence-corrected chi connectivity index (χ1v) is 19.6. The molecule has 0 unspecified atom stereocenters. The number of methoxy groups -OCH3 is 1. The number of aromatic nitrogens is 1. The summed E-state index contributed by atoms with van der Waals surface area (Å²) in [5.74, 6) is 0.569. The molecule has 0 N–H and O–H groups in total. The molecule has 0 spiro atoms. The molecule has 2 heterocycles. The molecule has 1 aliphatic rings. The normalized spacial score (nSPS) is 16.4. The third-order valence-corrected chi connectivity index (χ3v) is 16.6. The fourth-order valence-corrected chi connectivity index (χ4v) is 12.8. The average molecular weight is 682 g/mol. The van der Waals surface area contributed by atoms with E-state index in [-0.39, 0.29) is 16.5 Å². The van der Waals surface area contributed by atoms with E-state index in [0.717, 1.165) is 15.8 Å². The molecule has 0 amide bonds. The Morgan fingerprint density at radius 3 is 1.75 bits per heavy atom. The third-order valence-electron chi connectivity index (χ3n) is 9.90. The Bertz CT molecular complexity index is 1970. The number of hydrogen-bond donors (Lipinski definition) is 0. The van der Waals surface area contributed by atoms with Crippen molar-refractivity contribution in [3.05, 3.63) is 115 Å². The number of para-hydroxylation sites is 1. The Balaban J connectivity index is 1.63. The Hall–Kier alpha value is -3.67. The van der Waals surface area contributed by atoms with Crippen molar-refractivity contribution < 1.29 is 26.9 Å². The standard InChI is InChI=1S/C38H44BNO6SSi/c1-36(2,3)48(30-17-11-9-12-18-30,31-19-13-10-14-20-31)44-27-34-35(39-45-37(4,5)38(6,7)46-39)32-21-15-16-22-33(32)40(34)47(41,42)29-25-23-28(43-8)24-26-29/h9-26H,27H2,1-8H3. The molecule has 1 aromatic heterocycles. The highest BCUT2D eigenvalue weighted by Gasteiger charge is 2.55. The monoisotopic (exact) mass is 681 g/mol. The van der Waals surface area contributed by atoms with Gasteiger partial charge in [0.2, 0.25) is 0 Å². The molecule has 7 nitrogen and oxygen atoms in total. The van der Waals surface area contributed by atoms with Gasteiger partial charge < -0.3 is 18.5 Å². The summed E-state index contributed by atoms with van der Waals surface area (Å²) in [5, 5.41) is 2.60. The number of nitrogens with zero attached hydrogens (tertiary/aromatic N) is 1. The molecule has 5 aromatic rings. The predicted octanol–water partition coefficient (Wildman–Crippen LogP) is 6.26. The minimum Gasteiger partial charge on any atom is -0.497 e. The summed E-state index contributed by atoms with van der Waals surface area (Å²) in [6, 6.07) is 34.7. The quantitative estimate of drug-likeness (QED) is 0.171. The smallest absolute Gasteiger partial charge is 0.497 e. The molecular weight excluding hydrogens is 637 g/mol. The van der Waals surface area contributed by atoms with Crippen LogP contribution < -0.4 is 20.6 Å². The van der Waals surface area contributed by atoms with E-state index in [2.05, 4.69) is 45.0 Å². The Morgan fingerprint density at radius 2 is 1.25 bits per heavy atom. The van der Waals surface area contributed by atoms with E-state index in [1.54, 1.807) is 31.4 Å². The van der Waals surface area contributed by atoms with Gasteiger partial charge in [-0.2, -0.15) is 0 Å². The molecule has 6 rings (SSSR count). The van der Waals surface area contributed by atoms with E-state index in [0.29, 0.717) is 22.4 Å². The van der Waals surface area contributed by atoms with Crippen LogP contribution in [0.1, 0.15) is 54.2 Å². The van der Waals surface area contributed by atoms with Crippen LogP contribution in [0.25, 0.3) is 10.9 Å². The van der Waals surface area contributed by atoms with Crippen molar-refractivity contribution in [1.82, 2.24) is 3.97 Å². The molecule has 0 saturated carbocycles. The molecule has 1 fully saturated rings. The number of ether oxygens (including phenoxy) is 1. The van der Waals surface area contributed by atoms with Gasteiger partial charge in [-0.05, 0) is 73.4 Å².